The van der Waals surface area contributed by atoms with Crippen molar-refractivity contribution in [3.05, 3.63) is 22.7 Å². The Morgan fingerprint density at radius 1 is 1.29 bits per heavy atom. The maximum atomic E-state index is 12.5. The molecule has 1 aliphatic carbocycles. The summed E-state index contributed by atoms with van der Waals surface area (Å²) in [6, 6.07) is 3.02. The lowest BCUT2D eigenvalue weighted by Crippen LogP contribution is -2.37. The van der Waals surface area contributed by atoms with E-state index in [0.29, 0.717) is 22.8 Å². The van der Waals surface area contributed by atoms with Gasteiger partial charge in [0.2, 0.25) is 10.0 Å². The molecule has 6 heteroatoms. The zero-order valence-corrected chi connectivity index (χ0v) is 14.1. The lowest BCUT2D eigenvalue weighted by Gasteiger charge is -2.33. The van der Waals surface area contributed by atoms with Crippen molar-refractivity contribution in [1.29, 1.82) is 0 Å². The van der Waals surface area contributed by atoms with Crippen LogP contribution in [0.1, 0.15) is 44.6 Å². The van der Waals surface area contributed by atoms with E-state index in [1.807, 2.05) is 0 Å². The first kappa shape index (κ1) is 16.6. The molecule has 1 fully saturated rings. The molecule has 1 aliphatic rings. The van der Waals surface area contributed by atoms with Gasteiger partial charge in [0.05, 0.1) is 4.90 Å². The Labute approximate surface area is 132 Å². The van der Waals surface area contributed by atoms with Crippen molar-refractivity contribution in [2.45, 2.75) is 50.8 Å². The largest absolute Gasteiger partial charge is 0.398 e. The van der Waals surface area contributed by atoms with Gasteiger partial charge in [0.15, 0.2) is 0 Å². The number of anilines is 1. The first-order valence-corrected chi connectivity index (χ1v) is 9.15. The predicted octanol–water partition coefficient (Wildman–Crippen LogP) is 3.48. The molecule has 2 rings (SSSR count). The maximum absolute atomic E-state index is 12.5. The molecule has 0 aliphatic heterocycles. The molecule has 0 radical (unpaired) electrons. The van der Waals surface area contributed by atoms with Crippen molar-refractivity contribution < 1.29 is 8.42 Å². The molecular weight excluding hydrogens is 308 g/mol. The highest BCUT2D eigenvalue weighted by Gasteiger charge is 2.29. The van der Waals surface area contributed by atoms with Gasteiger partial charge in [-0.1, -0.05) is 37.8 Å². The van der Waals surface area contributed by atoms with Crippen LogP contribution in [0, 0.1) is 12.3 Å². The highest BCUT2D eigenvalue weighted by Crippen LogP contribution is 2.35. The van der Waals surface area contributed by atoms with Crippen LogP contribution < -0.4 is 10.5 Å². The Balaban J connectivity index is 2.19. The molecule has 1 saturated carbocycles. The van der Waals surface area contributed by atoms with E-state index in [-0.39, 0.29) is 10.3 Å². The SMILES string of the molecule is Cc1c(N)cc(Cl)cc1S(=O)(=O)NCC1(C)CCCCC1. The number of nitrogens with two attached hydrogens (primary N) is 1. The Bertz CT molecular complexity index is 623. The number of nitrogens with one attached hydrogen (secondary N) is 1. The maximum Gasteiger partial charge on any atom is 0.240 e. The van der Waals surface area contributed by atoms with Gasteiger partial charge in [-0.3, -0.25) is 0 Å². The smallest absolute Gasteiger partial charge is 0.240 e. The fraction of sp³-hybridized carbons (Fsp3) is 0.600. The third-order valence-corrected chi connectivity index (χ3v) is 6.15. The highest BCUT2D eigenvalue weighted by atomic mass is 35.5. The van der Waals surface area contributed by atoms with Crippen LogP contribution in [0.15, 0.2) is 17.0 Å². The number of sulfonamides is 1. The first-order chi connectivity index (χ1) is 9.73. The third kappa shape index (κ3) is 3.90. The van der Waals surface area contributed by atoms with E-state index in [0.717, 1.165) is 12.8 Å². The Hall–Kier alpha value is -0.780. The van der Waals surface area contributed by atoms with E-state index in [1.165, 1.54) is 25.3 Å². The molecule has 0 unspecified atom stereocenters. The highest BCUT2D eigenvalue weighted by molar-refractivity contribution is 7.89. The van der Waals surface area contributed by atoms with E-state index in [4.69, 9.17) is 17.3 Å². The van der Waals surface area contributed by atoms with Gasteiger partial charge in [-0.2, -0.15) is 0 Å². The third-order valence-electron chi connectivity index (χ3n) is 4.40. The molecule has 0 heterocycles. The second kappa shape index (κ2) is 6.15. The fourth-order valence-corrected chi connectivity index (χ4v) is 4.67. The Morgan fingerprint density at radius 3 is 2.52 bits per heavy atom. The second-order valence-electron chi connectivity index (χ2n) is 6.31. The number of hydrogen-bond donors (Lipinski definition) is 2. The molecule has 0 bridgehead atoms. The molecule has 0 amide bonds. The van der Waals surface area contributed by atoms with E-state index in [2.05, 4.69) is 11.6 Å². The second-order valence-corrected chi connectivity index (χ2v) is 8.49. The predicted molar refractivity (Wildman–Crippen MR) is 87.0 cm³/mol. The Kier molecular flexibility index (Phi) is 4.85. The molecular formula is C15H23ClN2O2S. The van der Waals surface area contributed by atoms with Crippen molar-refractivity contribution >= 4 is 27.3 Å². The van der Waals surface area contributed by atoms with Crippen molar-refractivity contribution in [2.24, 2.45) is 5.41 Å². The van der Waals surface area contributed by atoms with Crippen LogP contribution in [0.25, 0.3) is 0 Å². The van der Waals surface area contributed by atoms with Gasteiger partial charge in [0.25, 0.3) is 0 Å². The molecule has 0 aromatic heterocycles. The van der Waals surface area contributed by atoms with Gasteiger partial charge < -0.3 is 5.73 Å². The summed E-state index contributed by atoms with van der Waals surface area (Å²) in [5.41, 5.74) is 6.79. The van der Waals surface area contributed by atoms with Crippen molar-refractivity contribution in [3.63, 3.8) is 0 Å². The van der Waals surface area contributed by atoms with Crippen LogP contribution >= 0.6 is 11.6 Å². The van der Waals surface area contributed by atoms with Crippen LogP contribution in [0.3, 0.4) is 0 Å². The zero-order valence-electron chi connectivity index (χ0n) is 12.6. The molecule has 0 atom stereocenters. The summed E-state index contributed by atoms with van der Waals surface area (Å²) in [7, 11) is -3.59. The quantitative estimate of drug-likeness (QED) is 0.830. The van der Waals surface area contributed by atoms with Crippen LogP contribution in [-0.4, -0.2) is 15.0 Å². The van der Waals surface area contributed by atoms with Crippen LogP contribution in [0.4, 0.5) is 5.69 Å². The standard InChI is InChI=1S/C15H23ClN2O2S/c1-11-13(17)8-12(16)9-14(11)21(19,20)18-10-15(2)6-4-3-5-7-15/h8-9,18H,3-7,10,17H2,1-2H3. The molecule has 3 N–H and O–H groups in total. The molecule has 118 valence electrons. The average molecular weight is 331 g/mol. The van der Waals surface area contributed by atoms with Gasteiger partial charge in [0.1, 0.15) is 0 Å². The minimum absolute atomic E-state index is 0.0450. The summed E-state index contributed by atoms with van der Waals surface area (Å²) in [5.74, 6) is 0. The number of hydrogen-bond acceptors (Lipinski definition) is 3. The number of rotatable bonds is 4. The monoisotopic (exact) mass is 330 g/mol. The summed E-state index contributed by atoms with van der Waals surface area (Å²) >= 11 is 5.93. The van der Waals surface area contributed by atoms with Crippen molar-refractivity contribution in [1.82, 2.24) is 4.72 Å². The minimum atomic E-state index is -3.59. The summed E-state index contributed by atoms with van der Waals surface area (Å²) in [6.45, 7) is 4.30. The molecule has 1 aromatic carbocycles. The van der Waals surface area contributed by atoms with Crippen LogP contribution in [0.2, 0.25) is 5.02 Å². The molecule has 0 saturated heterocycles. The molecule has 0 spiro atoms. The van der Waals surface area contributed by atoms with Crippen molar-refractivity contribution in [2.75, 3.05) is 12.3 Å². The van der Waals surface area contributed by atoms with Crippen molar-refractivity contribution in [3.8, 4) is 0 Å². The lowest BCUT2D eigenvalue weighted by molar-refractivity contribution is 0.219. The summed E-state index contributed by atoms with van der Waals surface area (Å²) in [5, 5.41) is 0.336. The zero-order chi connectivity index (χ0) is 15.7. The number of benzene rings is 1. The number of halogens is 1. The summed E-state index contributed by atoms with van der Waals surface area (Å²) in [4.78, 5) is 0.173. The first-order valence-electron chi connectivity index (χ1n) is 7.29. The van der Waals surface area contributed by atoms with E-state index < -0.39 is 10.0 Å². The Morgan fingerprint density at radius 2 is 1.90 bits per heavy atom. The van der Waals surface area contributed by atoms with Crippen LogP contribution in [0.5, 0.6) is 0 Å². The number of nitrogen functional groups attached to an aromatic ring is 1. The van der Waals surface area contributed by atoms with Gasteiger partial charge in [0, 0.05) is 17.3 Å². The van der Waals surface area contributed by atoms with Crippen LogP contribution in [-0.2, 0) is 10.0 Å². The normalized spacial score (nSPS) is 18.6. The van der Waals surface area contributed by atoms with Gasteiger partial charge in [-0.25, -0.2) is 13.1 Å². The topological polar surface area (TPSA) is 72.2 Å². The van der Waals surface area contributed by atoms with Gasteiger partial charge in [-0.05, 0) is 42.9 Å². The summed E-state index contributed by atoms with van der Waals surface area (Å²) < 4.78 is 27.8. The van der Waals surface area contributed by atoms with Gasteiger partial charge >= 0.3 is 0 Å². The lowest BCUT2D eigenvalue weighted by atomic mass is 9.76. The minimum Gasteiger partial charge on any atom is -0.398 e. The van der Waals surface area contributed by atoms with E-state index >= 15 is 0 Å². The molecule has 21 heavy (non-hydrogen) atoms. The molecule has 4 nitrogen and oxygen atoms in total. The fourth-order valence-electron chi connectivity index (χ4n) is 2.88. The van der Waals surface area contributed by atoms with Gasteiger partial charge in [-0.15, -0.1) is 0 Å². The van der Waals surface area contributed by atoms with E-state index in [1.54, 1.807) is 13.0 Å². The summed E-state index contributed by atoms with van der Waals surface area (Å²) in [6.07, 6.45) is 5.70. The molecule has 1 aromatic rings. The van der Waals surface area contributed by atoms with E-state index in [9.17, 15) is 8.42 Å². The average Bonchev–Trinajstić information content (AvgIpc) is 2.42.